The first-order valence-corrected chi connectivity index (χ1v) is 13.4. The van der Waals surface area contributed by atoms with Gasteiger partial charge in [0.05, 0.1) is 18.2 Å². The molecular weight excluding hydrogens is 485 g/mol. The molecule has 1 unspecified atom stereocenters. The number of primary amides is 1. The molecule has 1 aliphatic heterocycles. The van der Waals surface area contributed by atoms with Gasteiger partial charge in [0.1, 0.15) is 0 Å². The SMILES string of the molecule is CS(=O)(=O)N[C@H]1CCCCC1N1C(=O)c2ccccc2[C@@H](C(N)=O)[C@@H]1c1ccc(Cl)cc1Cl. The minimum atomic E-state index is -3.52. The second kappa shape index (κ2) is 9.25. The fourth-order valence-corrected chi connectivity index (χ4v) is 6.50. The lowest BCUT2D eigenvalue weighted by Gasteiger charge is -2.49. The maximum absolute atomic E-state index is 13.9. The number of fused-ring (bicyclic) bond motifs is 1. The predicted molar refractivity (Wildman–Crippen MR) is 128 cm³/mol. The number of carbonyl (C=O) groups is 2. The maximum Gasteiger partial charge on any atom is 0.255 e. The van der Waals surface area contributed by atoms with Crippen molar-refractivity contribution in [2.24, 2.45) is 5.73 Å². The van der Waals surface area contributed by atoms with Gasteiger partial charge >= 0.3 is 0 Å². The van der Waals surface area contributed by atoms with Crippen LogP contribution >= 0.6 is 23.2 Å². The van der Waals surface area contributed by atoms with Gasteiger partial charge < -0.3 is 10.6 Å². The lowest BCUT2D eigenvalue weighted by atomic mass is 9.76. The Morgan fingerprint density at radius 1 is 1.09 bits per heavy atom. The number of rotatable bonds is 5. The first-order chi connectivity index (χ1) is 15.6. The second-order valence-electron chi connectivity index (χ2n) is 8.64. The highest BCUT2D eigenvalue weighted by atomic mass is 35.5. The van der Waals surface area contributed by atoms with Crippen molar-refractivity contribution < 1.29 is 18.0 Å². The number of nitrogens with zero attached hydrogens (tertiary/aromatic N) is 1. The average Bonchev–Trinajstić information content (AvgIpc) is 2.73. The molecule has 0 radical (unpaired) electrons. The topological polar surface area (TPSA) is 110 Å². The number of hydrogen-bond acceptors (Lipinski definition) is 4. The summed E-state index contributed by atoms with van der Waals surface area (Å²) in [4.78, 5) is 28.3. The number of nitrogens with two attached hydrogens (primary N) is 1. The molecular formula is C23H25Cl2N3O4S. The highest BCUT2D eigenvalue weighted by molar-refractivity contribution is 7.88. The zero-order chi connectivity index (χ0) is 23.9. The molecule has 4 atom stereocenters. The summed E-state index contributed by atoms with van der Waals surface area (Å²) in [5, 5.41) is 0.724. The first-order valence-electron chi connectivity index (χ1n) is 10.7. The lowest BCUT2D eigenvalue weighted by molar-refractivity contribution is -0.121. The summed E-state index contributed by atoms with van der Waals surface area (Å²) < 4.78 is 26.9. The van der Waals surface area contributed by atoms with Gasteiger partial charge in [-0.3, -0.25) is 9.59 Å². The molecule has 1 fully saturated rings. The molecule has 0 spiro atoms. The van der Waals surface area contributed by atoms with E-state index in [-0.39, 0.29) is 5.91 Å². The summed E-state index contributed by atoms with van der Waals surface area (Å²) in [5.41, 5.74) is 7.36. The third-order valence-corrected chi connectivity index (χ3v) is 7.71. The van der Waals surface area contributed by atoms with Crippen molar-refractivity contribution in [1.82, 2.24) is 9.62 Å². The smallest absolute Gasteiger partial charge is 0.255 e. The van der Waals surface area contributed by atoms with E-state index in [2.05, 4.69) is 4.72 Å². The van der Waals surface area contributed by atoms with Crippen LogP contribution in [0.3, 0.4) is 0 Å². The quantitative estimate of drug-likeness (QED) is 0.640. The van der Waals surface area contributed by atoms with Gasteiger partial charge in [-0.2, -0.15) is 0 Å². The van der Waals surface area contributed by atoms with Gasteiger partial charge in [-0.1, -0.05) is 60.3 Å². The highest BCUT2D eigenvalue weighted by Gasteiger charge is 2.48. The van der Waals surface area contributed by atoms with E-state index >= 15 is 0 Å². The highest BCUT2D eigenvalue weighted by Crippen LogP contribution is 2.47. The third kappa shape index (κ3) is 4.75. The Morgan fingerprint density at radius 2 is 1.79 bits per heavy atom. The van der Waals surface area contributed by atoms with Crippen LogP contribution in [-0.4, -0.2) is 43.5 Å². The molecule has 0 saturated heterocycles. The zero-order valence-corrected chi connectivity index (χ0v) is 20.3. The summed E-state index contributed by atoms with van der Waals surface area (Å²) in [6.07, 6.45) is 3.90. The van der Waals surface area contributed by atoms with Gasteiger partial charge in [0, 0.05) is 27.7 Å². The van der Waals surface area contributed by atoms with Crippen molar-refractivity contribution >= 4 is 45.0 Å². The molecule has 10 heteroatoms. The molecule has 176 valence electrons. The molecule has 0 aromatic heterocycles. The minimum absolute atomic E-state index is 0.286. The summed E-state index contributed by atoms with van der Waals surface area (Å²) >= 11 is 12.7. The molecule has 2 aliphatic rings. The van der Waals surface area contributed by atoms with Crippen molar-refractivity contribution in [3.8, 4) is 0 Å². The molecule has 1 aliphatic carbocycles. The van der Waals surface area contributed by atoms with Crippen molar-refractivity contribution in [2.45, 2.75) is 49.7 Å². The Balaban J connectivity index is 1.93. The van der Waals surface area contributed by atoms with E-state index in [9.17, 15) is 18.0 Å². The van der Waals surface area contributed by atoms with Crippen molar-refractivity contribution in [1.29, 1.82) is 0 Å². The molecule has 1 saturated carbocycles. The van der Waals surface area contributed by atoms with E-state index in [4.69, 9.17) is 28.9 Å². The molecule has 4 rings (SSSR count). The largest absolute Gasteiger partial charge is 0.369 e. The van der Waals surface area contributed by atoms with Crippen LogP contribution in [0.25, 0.3) is 0 Å². The van der Waals surface area contributed by atoms with Gasteiger partial charge in [0.2, 0.25) is 15.9 Å². The van der Waals surface area contributed by atoms with E-state index in [1.807, 2.05) is 0 Å². The molecule has 2 aromatic rings. The van der Waals surface area contributed by atoms with Crippen LogP contribution < -0.4 is 10.5 Å². The Hall–Kier alpha value is -2.13. The summed E-state index contributed by atoms with van der Waals surface area (Å²) in [5.74, 6) is -1.75. The van der Waals surface area contributed by atoms with Crippen molar-refractivity contribution in [2.75, 3.05) is 6.26 Å². The number of amides is 2. The fraction of sp³-hybridized carbons (Fsp3) is 0.391. The van der Waals surface area contributed by atoms with Crippen LogP contribution in [0.1, 0.15) is 59.1 Å². The molecule has 2 amide bonds. The lowest BCUT2D eigenvalue weighted by Crippen LogP contribution is -2.59. The van der Waals surface area contributed by atoms with Crippen LogP contribution in [0.4, 0.5) is 0 Å². The third-order valence-electron chi connectivity index (χ3n) is 6.42. The summed E-state index contributed by atoms with van der Waals surface area (Å²) in [6.45, 7) is 0. The van der Waals surface area contributed by atoms with Gasteiger partial charge in [-0.15, -0.1) is 0 Å². The van der Waals surface area contributed by atoms with Gasteiger partial charge in [0.15, 0.2) is 0 Å². The van der Waals surface area contributed by atoms with E-state index in [1.54, 1.807) is 47.4 Å². The average molecular weight is 510 g/mol. The number of sulfonamides is 1. The zero-order valence-electron chi connectivity index (χ0n) is 18.0. The van der Waals surface area contributed by atoms with E-state index < -0.39 is 40.0 Å². The van der Waals surface area contributed by atoms with Gasteiger partial charge in [0.25, 0.3) is 5.91 Å². The van der Waals surface area contributed by atoms with Gasteiger partial charge in [-0.25, -0.2) is 13.1 Å². The first kappa shape index (κ1) is 24.0. The number of carbonyl (C=O) groups excluding carboxylic acids is 2. The second-order valence-corrected chi connectivity index (χ2v) is 11.3. The molecule has 2 aromatic carbocycles. The Labute approximate surface area is 203 Å². The van der Waals surface area contributed by atoms with Crippen LogP contribution in [-0.2, 0) is 14.8 Å². The van der Waals surface area contributed by atoms with Crippen molar-refractivity contribution in [3.05, 3.63) is 69.2 Å². The molecule has 0 bridgehead atoms. The minimum Gasteiger partial charge on any atom is -0.369 e. The van der Waals surface area contributed by atoms with E-state index in [0.29, 0.717) is 39.6 Å². The fourth-order valence-electron chi connectivity index (χ4n) is 5.15. The number of nitrogens with one attached hydrogen (secondary N) is 1. The predicted octanol–water partition coefficient (Wildman–Crippen LogP) is 3.62. The maximum atomic E-state index is 13.9. The molecule has 1 heterocycles. The Bertz CT molecular complexity index is 1200. The Morgan fingerprint density at radius 3 is 2.45 bits per heavy atom. The summed E-state index contributed by atoms with van der Waals surface area (Å²) in [6, 6.07) is 10.0. The Kier molecular flexibility index (Phi) is 6.73. The normalized spacial score (nSPS) is 25.5. The van der Waals surface area contributed by atoms with Crippen LogP contribution in [0.5, 0.6) is 0 Å². The number of halogens is 2. The van der Waals surface area contributed by atoms with Gasteiger partial charge in [-0.05, 0) is 42.2 Å². The number of benzene rings is 2. The van der Waals surface area contributed by atoms with E-state index in [1.165, 1.54) is 0 Å². The standard InChI is InChI=1S/C23H25Cl2N3O4S/c1-33(31,32)27-18-8-4-5-9-19(18)28-21(16-11-10-13(24)12-17(16)25)20(22(26)29)14-6-2-3-7-15(14)23(28)30/h2-3,6-7,10-12,18-21,27H,4-5,8-9H2,1H3,(H2,26,29)/t18-,19?,20+,21-/m0/s1. The van der Waals surface area contributed by atoms with Crippen LogP contribution in [0, 0.1) is 0 Å². The van der Waals surface area contributed by atoms with Crippen molar-refractivity contribution in [3.63, 3.8) is 0 Å². The monoisotopic (exact) mass is 509 g/mol. The van der Waals surface area contributed by atoms with E-state index in [0.717, 1.165) is 19.1 Å². The van der Waals surface area contributed by atoms with Crippen LogP contribution in [0.15, 0.2) is 42.5 Å². The molecule has 33 heavy (non-hydrogen) atoms. The molecule has 3 N–H and O–H groups in total. The summed E-state index contributed by atoms with van der Waals surface area (Å²) in [7, 11) is -3.52. The number of hydrogen-bond donors (Lipinski definition) is 2. The van der Waals surface area contributed by atoms with Crippen LogP contribution in [0.2, 0.25) is 10.0 Å². The molecule has 7 nitrogen and oxygen atoms in total.